The van der Waals surface area contributed by atoms with Crippen LogP contribution in [0.4, 0.5) is 5.69 Å². The largest absolute Gasteiger partial charge is 0.370 e. The molecule has 1 aromatic rings. The summed E-state index contributed by atoms with van der Waals surface area (Å²) < 4.78 is 0. The van der Waals surface area contributed by atoms with E-state index in [-0.39, 0.29) is 0 Å². The van der Waals surface area contributed by atoms with Crippen LogP contribution in [0.25, 0.3) is 0 Å². The van der Waals surface area contributed by atoms with Crippen molar-refractivity contribution in [1.29, 1.82) is 0 Å². The van der Waals surface area contributed by atoms with Crippen LogP contribution in [-0.2, 0) is 6.54 Å². The average Bonchev–Trinajstić information content (AvgIpc) is 2.92. The zero-order valence-electron chi connectivity index (χ0n) is 11.8. The van der Waals surface area contributed by atoms with Crippen molar-refractivity contribution in [1.82, 2.24) is 5.32 Å². The molecule has 1 saturated heterocycles. The zero-order chi connectivity index (χ0) is 13.7. The molecule has 1 N–H and O–H groups in total. The quantitative estimate of drug-likeness (QED) is 0.805. The van der Waals surface area contributed by atoms with E-state index in [1.807, 2.05) is 6.07 Å². The first-order valence-electron chi connectivity index (χ1n) is 7.02. The summed E-state index contributed by atoms with van der Waals surface area (Å²) in [4.78, 5) is 2.43. The highest BCUT2D eigenvalue weighted by atomic mass is 35.5. The molecule has 2 nitrogen and oxygen atoms in total. The van der Waals surface area contributed by atoms with Gasteiger partial charge in [-0.15, -0.1) is 0 Å². The van der Waals surface area contributed by atoms with Crippen molar-refractivity contribution in [2.45, 2.75) is 32.4 Å². The van der Waals surface area contributed by atoms with Gasteiger partial charge in [-0.1, -0.05) is 18.5 Å². The summed E-state index contributed by atoms with van der Waals surface area (Å²) in [6, 6.07) is 6.92. The fourth-order valence-electron chi connectivity index (χ4n) is 2.46. The third-order valence-electron chi connectivity index (χ3n) is 3.62. The molecule has 1 fully saturated rings. The number of nitrogens with one attached hydrogen (secondary N) is 1. The van der Waals surface area contributed by atoms with Gasteiger partial charge in [0.1, 0.15) is 0 Å². The molecule has 19 heavy (non-hydrogen) atoms. The standard InChI is InChI=1S/C15H23ClN2S/c1-3-7-17-10-12-9-13(16)4-5-15(12)18(2)14-6-8-19-11-14/h4-5,9,14,17H,3,6-8,10-11H2,1-2H3. The molecule has 4 heteroatoms. The maximum atomic E-state index is 6.14. The van der Waals surface area contributed by atoms with Gasteiger partial charge in [0.2, 0.25) is 0 Å². The molecule has 2 rings (SSSR count). The highest BCUT2D eigenvalue weighted by molar-refractivity contribution is 7.99. The van der Waals surface area contributed by atoms with Gasteiger partial charge in [-0.05, 0) is 48.9 Å². The second-order valence-corrected chi connectivity index (χ2v) is 6.66. The van der Waals surface area contributed by atoms with Crippen LogP contribution in [0.15, 0.2) is 18.2 Å². The smallest absolute Gasteiger partial charge is 0.0413 e. The number of benzene rings is 1. The van der Waals surface area contributed by atoms with Gasteiger partial charge in [-0.3, -0.25) is 0 Å². The Balaban J connectivity index is 2.12. The summed E-state index contributed by atoms with van der Waals surface area (Å²) in [5, 5.41) is 4.30. The summed E-state index contributed by atoms with van der Waals surface area (Å²) in [6.07, 6.45) is 2.44. The second-order valence-electron chi connectivity index (χ2n) is 5.08. The van der Waals surface area contributed by atoms with Gasteiger partial charge in [0.05, 0.1) is 0 Å². The molecule has 0 bridgehead atoms. The second kappa shape index (κ2) is 7.41. The zero-order valence-corrected chi connectivity index (χ0v) is 13.4. The number of anilines is 1. The summed E-state index contributed by atoms with van der Waals surface area (Å²) in [6.45, 7) is 4.14. The fraction of sp³-hybridized carbons (Fsp3) is 0.600. The van der Waals surface area contributed by atoms with E-state index in [1.54, 1.807) is 0 Å². The van der Waals surface area contributed by atoms with Crippen LogP contribution in [0.2, 0.25) is 5.02 Å². The third kappa shape index (κ3) is 4.04. The highest BCUT2D eigenvalue weighted by Crippen LogP contribution is 2.29. The summed E-state index contributed by atoms with van der Waals surface area (Å²) in [5.74, 6) is 2.52. The van der Waals surface area contributed by atoms with Crippen LogP contribution in [-0.4, -0.2) is 31.1 Å². The predicted molar refractivity (Wildman–Crippen MR) is 87.6 cm³/mol. The van der Waals surface area contributed by atoms with Crippen molar-refractivity contribution in [3.8, 4) is 0 Å². The van der Waals surface area contributed by atoms with E-state index >= 15 is 0 Å². The van der Waals surface area contributed by atoms with E-state index in [2.05, 4.69) is 48.1 Å². The van der Waals surface area contributed by atoms with E-state index in [9.17, 15) is 0 Å². The van der Waals surface area contributed by atoms with Crippen LogP contribution in [0, 0.1) is 0 Å². The average molecular weight is 299 g/mol. The molecule has 0 aromatic heterocycles. The highest BCUT2D eigenvalue weighted by Gasteiger charge is 2.21. The summed E-state index contributed by atoms with van der Waals surface area (Å²) in [7, 11) is 2.21. The van der Waals surface area contributed by atoms with Gasteiger partial charge >= 0.3 is 0 Å². The SMILES string of the molecule is CCCNCc1cc(Cl)ccc1N(C)C1CCSC1. The van der Waals surface area contributed by atoms with Crippen molar-refractivity contribution in [3.63, 3.8) is 0 Å². The van der Waals surface area contributed by atoms with Crippen molar-refractivity contribution in [2.75, 3.05) is 30.0 Å². The molecular formula is C15H23ClN2S. The lowest BCUT2D eigenvalue weighted by atomic mass is 10.1. The minimum Gasteiger partial charge on any atom is -0.370 e. The Morgan fingerprint density at radius 2 is 2.32 bits per heavy atom. The topological polar surface area (TPSA) is 15.3 Å². The van der Waals surface area contributed by atoms with Crippen LogP contribution in [0.3, 0.4) is 0 Å². The number of nitrogens with zero attached hydrogens (tertiary/aromatic N) is 1. The Kier molecular flexibility index (Phi) is 5.86. The van der Waals surface area contributed by atoms with E-state index < -0.39 is 0 Å². The molecule has 1 atom stereocenters. The van der Waals surface area contributed by atoms with Gasteiger partial charge in [0.15, 0.2) is 0 Å². The lowest BCUT2D eigenvalue weighted by molar-refractivity contribution is 0.662. The Bertz CT molecular complexity index is 405. The molecule has 0 aliphatic carbocycles. The third-order valence-corrected chi connectivity index (χ3v) is 5.00. The Labute approximate surface area is 125 Å². The first kappa shape index (κ1) is 15.0. The Hall–Kier alpha value is -0.380. The predicted octanol–water partition coefficient (Wildman–Crippen LogP) is 3.78. The number of hydrogen-bond donors (Lipinski definition) is 1. The lowest BCUT2D eigenvalue weighted by Crippen LogP contribution is -2.32. The minimum absolute atomic E-state index is 0.663. The summed E-state index contributed by atoms with van der Waals surface area (Å²) >= 11 is 8.20. The molecule has 0 spiro atoms. The van der Waals surface area contributed by atoms with Crippen molar-refractivity contribution < 1.29 is 0 Å². The first-order valence-corrected chi connectivity index (χ1v) is 8.55. The van der Waals surface area contributed by atoms with E-state index in [0.717, 1.165) is 24.5 Å². The molecule has 0 amide bonds. The van der Waals surface area contributed by atoms with Crippen molar-refractivity contribution in [2.24, 2.45) is 0 Å². The lowest BCUT2D eigenvalue weighted by Gasteiger charge is -2.28. The van der Waals surface area contributed by atoms with Gasteiger partial charge in [0, 0.05) is 36.1 Å². The van der Waals surface area contributed by atoms with Crippen molar-refractivity contribution in [3.05, 3.63) is 28.8 Å². The molecule has 0 saturated carbocycles. The molecule has 1 aliphatic heterocycles. The number of thioether (sulfide) groups is 1. The first-order chi connectivity index (χ1) is 9.22. The van der Waals surface area contributed by atoms with Crippen LogP contribution >= 0.6 is 23.4 Å². The molecule has 1 aromatic carbocycles. The fourth-order valence-corrected chi connectivity index (χ4v) is 3.93. The summed E-state index contributed by atoms with van der Waals surface area (Å²) in [5.41, 5.74) is 2.63. The Morgan fingerprint density at radius 1 is 1.47 bits per heavy atom. The normalized spacial score (nSPS) is 18.8. The van der Waals surface area contributed by atoms with E-state index in [1.165, 1.54) is 29.2 Å². The molecule has 1 aliphatic rings. The monoisotopic (exact) mass is 298 g/mol. The van der Waals surface area contributed by atoms with Gasteiger partial charge in [-0.25, -0.2) is 0 Å². The molecule has 0 radical (unpaired) electrons. The minimum atomic E-state index is 0.663. The number of halogens is 1. The molecule has 1 unspecified atom stereocenters. The van der Waals surface area contributed by atoms with Gasteiger partial charge in [0.25, 0.3) is 0 Å². The Morgan fingerprint density at radius 3 is 3.00 bits per heavy atom. The molecule has 106 valence electrons. The van der Waals surface area contributed by atoms with Crippen molar-refractivity contribution >= 4 is 29.1 Å². The van der Waals surface area contributed by atoms with Gasteiger partial charge in [-0.2, -0.15) is 11.8 Å². The van der Waals surface area contributed by atoms with Crippen LogP contribution < -0.4 is 10.2 Å². The maximum absolute atomic E-state index is 6.14. The van der Waals surface area contributed by atoms with Gasteiger partial charge < -0.3 is 10.2 Å². The van der Waals surface area contributed by atoms with Crippen LogP contribution in [0.5, 0.6) is 0 Å². The van der Waals surface area contributed by atoms with E-state index in [4.69, 9.17) is 11.6 Å². The molecular weight excluding hydrogens is 276 g/mol. The van der Waals surface area contributed by atoms with Crippen LogP contribution in [0.1, 0.15) is 25.3 Å². The van der Waals surface area contributed by atoms with E-state index in [0.29, 0.717) is 6.04 Å². The maximum Gasteiger partial charge on any atom is 0.0413 e. The molecule has 1 heterocycles. The number of rotatable bonds is 6. The number of hydrogen-bond acceptors (Lipinski definition) is 3.